The molecular formula is C16H26N2O2. The minimum absolute atomic E-state index is 0.236. The lowest BCUT2D eigenvalue weighted by Gasteiger charge is -2.13. The highest BCUT2D eigenvalue weighted by Crippen LogP contribution is 2.16. The molecule has 0 aliphatic carbocycles. The predicted molar refractivity (Wildman–Crippen MR) is 80.0 cm³/mol. The monoisotopic (exact) mass is 278 g/mol. The molecule has 112 valence electrons. The minimum atomic E-state index is 0.236. The molecular weight excluding hydrogens is 252 g/mol. The van der Waals surface area contributed by atoms with Gasteiger partial charge >= 0.3 is 0 Å². The van der Waals surface area contributed by atoms with Crippen molar-refractivity contribution < 1.29 is 9.47 Å². The summed E-state index contributed by atoms with van der Waals surface area (Å²) < 4.78 is 11.3. The maximum absolute atomic E-state index is 5.77. The van der Waals surface area contributed by atoms with Gasteiger partial charge in [0.05, 0.1) is 6.10 Å². The predicted octanol–water partition coefficient (Wildman–Crippen LogP) is 2.69. The summed E-state index contributed by atoms with van der Waals surface area (Å²) in [5, 5.41) is 3.44. The molecule has 1 N–H and O–H groups in total. The molecule has 1 aromatic rings. The maximum Gasteiger partial charge on any atom is 0.213 e. The first kappa shape index (κ1) is 15.3. The summed E-state index contributed by atoms with van der Waals surface area (Å²) >= 11 is 0. The van der Waals surface area contributed by atoms with E-state index in [1.807, 2.05) is 13.0 Å². The molecule has 1 atom stereocenters. The second kappa shape index (κ2) is 7.60. The summed E-state index contributed by atoms with van der Waals surface area (Å²) in [6.45, 7) is 9.77. The van der Waals surface area contributed by atoms with Crippen molar-refractivity contribution >= 4 is 0 Å². The quantitative estimate of drug-likeness (QED) is 0.833. The van der Waals surface area contributed by atoms with Gasteiger partial charge in [-0.1, -0.05) is 13.8 Å². The standard InChI is InChI=1S/C16H26N2O2/c1-12(2)9-17-10-14-7-13(3)18-16(8-14)20-11-15-5-4-6-19-15/h7-8,12,15,17H,4-6,9-11H2,1-3H3. The third kappa shape index (κ3) is 5.10. The van der Waals surface area contributed by atoms with E-state index in [2.05, 4.69) is 30.2 Å². The fraction of sp³-hybridized carbons (Fsp3) is 0.688. The Morgan fingerprint density at radius 2 is 2.30 bits per heavy atom. The summed E-state index contributed by atoms with van der Waals surface area (Å²) in [5.41, 5.74) is 2.22. The molecule has 0 bridgehead atoms. The van der Waals surface area contributed by atoms with Gasteiger partial charge in [-0.15, -0.1) is 0 Å². The van der Waals surface area contributed by atoms with Crippen LogP contribution in [-0.4, -0.2) is 30.8 Å². The Labute approximate surface area is 121 Å². The van der Waals surface area contributed by atoms with Crippen LogP contribution in [0.3, 0.4) is 0 Å². The van der Waals surface area contributed by atoms with Gasteiger partial charge in [0.2, 0.25) is 5.88 Å². The number of aryl methyl sites for hydroxylation is 1. The van der Waals surface area contributed by atoms with E-state index < -0.39 is 0 Å². The number of nitrogens with zero attached hydrogens (tertiary/aromatic N) is 1. The minimum Gasteiger partial charge on any atom is -0.475 e. The van der Waals surface area contributed by atoms with Gasteiger partial charge in [0.15, 0.2) is 0 Å². The van der Waals surface area contributed by atoms with E-state index in [0.717, 1.165) is 38.2 Å². The zero-order chi connectivity index (χ0) is 14.4. The van der Waals surface area contributed by atoms with Crippen molar-refractivity contribution in [2.75, 3.05) is 19.8 Å². The normalized spacial score (nSPS) is 18.7. The molecule has 1 aliphatic heterocycles. The smallest absolute Gasteiger partial charge is 0.213 e. The first-order chi connectivity index (χ1) is 9.63. The highest BCUT2D eigenvalue weighted by Gasteiger charge is 2.16. The van der Waals surface area contributed by atoms with E-state index in [9.17, 15) is 0 Å². The molecule has 0 saturated carbocycles. The van der Waals surface area contributed by atoms with Crippen molar-refractivity contribution in [3.8, 4) is 5.88 Å². The summed E-state index contributed by atoms with van der Waals surface area (Å²) in [4.78, 5) is 4.43. The van der Waals surface area contributed by atoms with Crippen LogP contribution in [-0.2, 0) is 11.3 Å². The van der Waals surface area contributed by atoms with Crippen LogP contribution >= 0.6 is 0 Å². The largest absolute Gasteiger partial charge is 0.475 e. The molecule has 0 amide bonds. The van der Waals surface area contributed by atoms with Crippen LogP contribution in [0.5, 0.6) is 5.88 Å². The molecule has 1 fully saturated rings. The van der Waals surface area contributed by atoms with E-state index in [0.29, 0.717) is 18.4 Å². The van der Waals surface area contributed by atoms with Crippen molar-refractivity contribution in [2.24, 2.45) is 5.92 Å². The lowest BCUT2D eigenvalue weighted by atomic mass is 10.2. The second-order valence-electron chi connectivity index (χ2n) is 5.93. The van der Waals surface area contributed by atoms with Crippen LogP contribution in [0.1, 0.15) is 37.9 Å². The Morgan fingerprint density at radius 3 is 3.00 bits per heavy atom. The number of ether oxygens (including phenoxy) is 2. The Hall–Kier alpha value is -1.13. The van der Waals surface area contributed by atoms with Crippen molar-refractivity contribution in [1.82, 2.24) is 10.3 Å². The second-order valence-corrected chi connectivity index (χ2v) is 5.93. The summed E-state index contributed by atoms with van der Waals surface area (Å²) in [6, 6.07) is 4.13. The third-order valence-electron chi connectivity index (χ3n) is 3.31. The summed E-state index contributed by atoms with van der Waals surface area (Å²) in [5.74, 6) is 1.37. The fourth-order valence-corrected chi connectivity index (χ4v) is 2.34. The average Bonchev–Trinajstić information content (AvgIpc) is 2.88. The first-order valence-electron chi connectivity index (χ1n) is 7.56. The molecule has 1 unspecified atom stereocenters. The molecule has 2 heterocycles. The summed E-state index contributed by atoms with van der Waals surface area (Å²) in [7, 11) is 0. The van der Waals surface area contributed by atoms with Gasteiger partial charge in [-0.2, -0.15) is 0 Å². The van der Waals surface area contributed by atoms with Crippen molar-refractivity contribution in [2.45, 2.75) is 46.3 Å². The lowest BCUT2D eigenvalue weighted by Crippen LogP contribution is -2.19. The van der Waals surface area contributed by atoms with Gasteiger partial charge in [-0.25, -0.2) is 4.98 Å². The molecule has 0 spiro atoms. The molecule has 20 heavy (non-hydrogen) atoms. The van der Waals surface area contributed by atoms with Crippen LogP contribution < -0.4 is 10.1 Å². The SMILES string of the molecule is Cc1cc(CNCC(C)C)cc(OCC2CCCO2)n1. The third-order valence-corrected chi connectivity index (χ3v) is 3.31. The first-order valence-corrected chi connectivity index (χ1v) is 7.56. The van der Waals surface area contributed by atoms with E-state index in [-0.39, 0.29) is 6.10 Å². The molecule has 1 aliphatic rings. The zero-order valence-electron chi connectivity index (χ0n) is 12.8. The van der Waals surface area contributed by atoms with Gasteiger partial charge in [-0.3, -0.25) is 0 Å². The molecule has 1 saturated heterocycles. The van der Waals surface area contributed by atoms with Crippen LogP contribution in [0.25, 0.3) is 0 Å². The summed E-state index contributed by atoms with van der Waals surface area (Å²) in [6.07, 6.45) is 2.47. The van der Waals surface area contributed by atoms with E-state index in [4.69, 9.17) is 9.47 Å². The molecule has 0 radical (unpaired) electrons. The van der Waals surface area contributed by atoms with Crippen LogP contribution in [0.2, 0.25) is 0 Å². The van der Waals surface area contributed by atoms with E-state index in [1.54, 1.807) is 0 Å². The molecule has 4 heteroatoms. The number of aromatic nitrogens is 1. The number of pyridine rings is 1. The highest BCUT2D eigenvalue weighted by molar-refractivity contribution is 5.24. The Bertz CT molecular complexity index is 415. The Balaban J connectivity index is 1.86. The van der Waals surface area contributed by atoms with E-state index >= 15 is 0 Å². The van der Waals surface area contributed by atoms with E-state index in [1.165, 1.54) is 5.56 Å². The molecule has 4 nitrogen and oxygen atoms in total. The number of nitrogens with one attached hydrogen (secondary N) is 1. The zero-order valence-corrected chi connectivity index (χ0v) is 12.8. The number of hydrogen-bond acceptors (Lipinski definition) is 4. The Morgan fingerprint density at radius 1 is 1.45 bits per heavy atom. The molecule has 0 aromatic carbocycles. The van der Waals surface area contributed by atoms with Gasteiger partial charge in [-0.05, 0) is 43.9 Å². The average molecular weight is 278 g/mol. The topological polar surface area (TPSA) is 43.4 Å². The van der Waals surface area contributed by atoms with Crippen LogP contribution in [0, 0.1) is 12.8 Å². The van der Waals surface area contributed by atoms with Crippen molar-refractivity contribution in [1.29, 1.82) is 0 Å². The van der Waals surface area contributed by atoms with Gasteiger partial charge in [0.1, 0.15) is 6.61 Å². The Kier molecular flexibility index (Phi) is 5.80. The van der Waals surface area contributed by atoms with Crippen molar-refractivity contribution in [3.05, 3.63) is 23.4 Å². The van der Waals surface area contributed by atoms with Crippen LogP contribution in [0.15, 0.2) is 12.1 Å². The van der Waals surface area contributed by atoms with Crippen LogP contribution in [0.4, 0.5) is 0 Å². The molecule has 2 rings (SSSR count). The number of rotatable bonds is 7. The lowest BCUT2D eigenvalue weighted by molar-refractivity contribution is 0.0662. The number of hydrogen-bond donors (Lipinski definition) is 1. The fourth-order valence-electron chi connectivity index (χ4n) is 2.34. The van der Waals surface area contributed by atoms with Gasteiger partial charge in [0.25, 0.3) is 0 Å². The van der Waals surface area contributed by atoms with Gasteiger partial charge < -0.3 is 14.8 Å². The maximum atomic E-state index is 5.77. The molecule has 1 aromatic heterocycles. The van der Waals surface area contributed by atoms with Gasteiger partial charge in [0, 0.05) is 24.9 Å². The van der Waals surface area contributed by atoms with Crippen molar-refractivity contribution in [3.63, 3.8) is 0 Å². The highest BCUT2D eigenvalue weighted by atomic mass is 16.5.